The number of piperidine rings is 1. The molecule has 1 aromatic rings. The third-order valence-corrected chi connectivity index (χ3v) is 5.74. The van der Waals surface area contributed by atoms with E-state index in [1.807, 2.05) is 0 Å². The second-order valence-corrected chi connectivity index (χ2v) is 7.89. The topological polar surface area (TPSA) is 59.9 Å². The van der Waals surface area contributed by atoms with Gasteiger partial charge in [-0.3, -0.25) is 9.89 Å². The number of aliphatic hydroxyl groups is 1. The van der Waals surface area contributed by atoms with Crippen LogP contribution in [0.15, 0.2) is 29.3 Å². The lowest BCUT2D eigenvalue weighted by atomic mass is 9.80. The molecule has 5 nitrogen and oxygen atoms in total. The number of hydrogen-bond acceptors (Lipinski definition) is 3. The van der Waals surface area contributed by atoms with Crippen LogP contribution in [0, 0.1) is 6.92 Å². The molecule has 0 radical (unpaired) electrons. The largest absolute Gasteiger partial charge is 0.388 e. The van der Waals surface area contributed by atoms with Crippen LogP contribution in [-0.4, -0.2) is 53.8 Å². The molecule has 0 amide bonds. The summed E-state index contributed by atoms with van der Waals surface area (Å²) in [6.45, 7) is 8.88. The summed E-state index contributed by atoms with van der Waals surface area (Å²) in [4.78, 5) is 7.17. The number of likely N-dealkylation sites (tertiary alicyclic amines) is 1. The standard InChI is InChI=1S/C21H34N4O/c1-3-22-20(23-16-21(26)11-6-12-21)24-19-9-13-25(14-10-19)15-18-8-5-4-7-17(18)2/h4-5,7-8,19,26H,3,6,9-16H2,1-2H3,(H2,22,23,24). The number of nitrogens with zero attached hydrogens (tertiary/aromatic N) is 2. The van der Waals surface area contributed by atoms with Gasteiger partial charge in [-0.25, -0.2) is 0 Å². The quantitative estimate of drug-likeness (QED) is 0.540. The van der Waals surface area contributed by atoms with Gasteiger partial charge >= 0.3 is 0 Å². The number of aliphatic imine (C=N–C) groups is 1. The number of hydrogen-bond donors (Lipinski definition) is 3. The highest BCUT2D eigenvalue weighted by molar-refractivity contribution is 5.80. The van der Waals surface area contributed by atoms with E-state index in [-0.39, 0.29) is 0 Å². The summed E-state index contributed by atoms with van der Waals surface area (Å²) in [5.41, 5.74) is 2.25. The van der Waals surface area contributed by atoms with Crippen molar-refractivity contribution in [1.29, 1.82) is 0 Å². The van der Waals surface area contributed by atoms with Crippen LogP contribution in [0.3, 0.4) is 0 Å². The predicted octanol–water partition coefficient (Wildman–Crippen LogP) is 2.43. The highest BCUT2D eigenvalue weighted by Crippen LogP contribution is 2.31. The maximum Gasteiger partial charge on any atom is 0.191 e. The number of aryl methyl sites for hydroxylation is 1. The molecule has 0 unspecified atom stereocenters. The minimum atomic E-state index is -0.556. The van der Waals surface area contributed by atoms with Crippen molar-refractivity contribution in [3.8, 4) is 0 Å². The van der Waals surface area contributed by atoms with Crippen molar-refractivity contribution >= 4 is 5.96 Å². The highest BCUT2D eigenvalue weighted by atomic mass is 16.3. The Hall–Kier alpha value is -1.59. The Balaban J connectivity index is 1.47. The zero-order valence-corrected chi connectivity index (χ0v) is 16.3. The van der Waals surface area contributed by atoms with Gasteiger partial charge in [-0.2, -0.15) is 0 Å². The van der Waals surface area contributed by atoms with Crippen LogP contribution in [0.2, 0.25) is 0 Å². The molecule has 3 N–H and O–H groups in total. The minimum Gasteiger partial charge on any atom is -0.388 e. The van der Waals surface area contributed by atoms with E-state index in [9.17, 15) is 5.11 Å². The van der Waals surface area contributed by atoms with Gasteiger partial charge in [0.2, 0.25) is 0 Å². The third kappa shape index (κ3) is 5.21. The molecule has 1 aliphatic carbocycles. The fourth-order valence-corrected chi connectivity index (χ4v) is 3.75. The van der Waals surface area contributed by atoms with Crippen LogP contribution in [0.4, 0.5) is 0 Å². The maximum absolute atomic E-state index is 10.3. The summed E-state index contributed by atoms with van der Waals surface area (Å²) in [5, 5.41) is 17.2. The molecule has 5 heteroatoms. The molecule has 1 saturated heterocycles. The van der Waals surface area contributed by atoms with Crippen molar-refractivity contribution in [2.24, 2.45) is 4.99 Å². The van der Waals surface area contributed by atoms with Crippen LogP contribution in [0.1, 0.15) is 50.2 Å². The Kier molecular flexibility index (Phi) is 6.54. The lowest BCUT2D eigenvalue weighted by Gasteiger charge is -2.36. The average Bonchev–Trinajstić information content (AvgIpc) is 2.62. The van der Waals surface area contributed by atoms with Crippen molar-refractivity contribution in [2.45, 2.75) is 64.1 Å². The summed E-state index contributed by atoms with van der Waals surface area (Å²) >= 11 is 0. The molecule has 2 aliphatic rings. The molecule has 3 rings (SSSR count). The molecular weight excluding hydrogens is 324 g/mol. The van der Waals surface area contributed by atoms with Gasteiger partial charge in [0.15, 0.2) is 5.96 Å². The Morgan fingerprint density at radius 3 is 2.62 bits per heavy atom. The first-order chi connectivity index (χ1) is 12.6. The Morgan fingerprint density at radius 1 is 1.27 bits per heavy atom. The molecule has 0 spiro atoms. The summed E-state index contributed by atoms with van der Waals surface area (Å²) < 4.78 is 0. The molecule has 1 aliphatic heterocycles. The fraction of sp³-hybridized carbons (Fsp3) is 0.667. The molecule has 0 atom stereocenters. The minimum absolute atomic E-state index is 0.456. The monoisotopic (exact) mass is 358 g/mol. The number of guanidine groups is 1. The van der Waals surface area contributed by atoms with Crippen LogP contribution >= 0.6 is 0 Å². The second kappa shape index (κ2) is 8.87. The van der Waals surface area contributed by atoms with E-state index in [1.165, 1.54) is 11.1 Å². The van der Waals surface area contributed by atoms with Crippen LogP contribution in [0.5, 0.6) is 0 Å². The van der Waals surface area contributed by atoms with Crippen LogP contribution in [-0.2, 0) is 6.54 Å². The third-order valence-electron chi connectivity index (χ3n) is 5.74. The first kappa shape index (κ1) is 19.2. The van der Waals surface area contributed by atoms with Gasteiger partial charge in [0.25, 0.3) is 0 Å². The zero-order chi connectivity index (χ0) is 18.4. The zero-order valence-electron chi connectivity index (χ0n) is 16.3. The van der Waals surface area contributed by atoms with E-state index >= 15 is 0 Å². The molecule has 1 heterocycles. The van der Waals surface area contributed by atoms with E-state index in [1.54, 1.807) is 0 Å². The first-order valence-corrected chi connectivity index (χ1v) is 10.1. The maximum atomic E-state index is 10.3. The predicted molar refractivity (Wildman–Crippen MR) is 107 cm³/mol. The molecule has 2 fully saturated rings. The van der Waals surface area contributed by atoms with Gasteiger partial charge in [0.1, 0.15) is 0 Å². The summed E-state index contributed by atoms with van der Waals surface area (Å²) in [6, 6.07) is 9.12. The lowest BCUT2D eigenvalue weighted by molar-refractivity contribution is -0.0236. The van der Waals surface area contributed by atoms with E-state index < -0.39 is 5.60 Å². The van der Waals surface area contributed by atoms with Gasteiger partial charge in [-0.15, -0.1) is 0 Å². The SMILES string of the molecule is CCNC(=NCC1(O)CCC1)NC1CCN(Cc2ccccc2C)CC1. The average molecular weight is 359 g/mol. The van der Waals surface area contributed by atoms with Crippen molar-refractivity contribution in [3.05, 3.63) is 35.4 Å². The van der Waals surface area contributed by atoms with Crippen molar-refractivity contribution in [3.63, 3.8) is 0 Å². The Labute approximate surface area is 157 Å². The molecule has 0 aromatic heterocycles. The Morgan fingerprint density at radius 2 is 2.00 bits per heavy atom. The molecular formula is C21H34N4O. The van der Waals surface area contributed by atoms with E-state index in [0.717, 1.165) is 64.2 Å². The summed E-state index contributed by atoms with van der Waals surface area (Å²) in [7, 11) is 0. The number of benzene rings is 1. The molecule has 1 saturated carbocycles. The van der Waals surface area contributed by atoms with E-state index in [0.29, 0.717) is 12.6 Å². The molecule has 0 bridgehead atoms. The number of rotatable bonds is 6. The van der Waals surface area contributed by atoms with Crippen molar-refractivity contribution < 1.29 is 5.11 Å². The molecule has 144 valence electrons. The number of nitrogens with one attached hydrogen (secondary N) is 2. The first-order valence-electron chi connectivity index (χ1n) is 10.1. The van der Waals surface area contributed by atoms with Gasteiger partial charge < -0.3 is 15.7 Å². The summed E-state index contributed by atoms with van der Waals surface area (Å²) in [6.07, 6.45) is 5.14. The van der Waals surface area contributed by atoms with Gasteiger partial charge in [-0.1, -0.05) is 24.3 Å². The Bertz CT molecular complexity index is 604. The van der Waals surface area contributed by atoms with Gasteiger partial charge in [0, 0.05) is 32.2 Å². The van der Waals surface area contributed by atoms with Crippen LogP contribution in [0.25, 0.3) is 0 Å². The second-order valence-electron chi connectivity index (χ2n) is 7.89. The fourth-order valence-electron chi connectivity index (χ4n) is 3.75. The van der Waals surface area contributed by atoms with Crippen LogP contribution < -0.4 is 10.6 Å². The van der Waals surface area contributed by atoms with E-state index in [2.05, 4.69) is 58.6 Å². The van der Waals surface area contributed by atoms with Crippen molar-refractivity contribution in [2.75, 3.05) is 26.2 Å². The van der Waals surface area contributed by atoms with Gasteiger partial charge in [-0.05, 0) is 57.1 Å². The smallest absolute Gasteiger partial charge is 0.191 e. The highest BCUT2D eigenvalue weighted by Gasteiger charge is 2.34. The van der Waals surface area contributed by atoms with E-state index in [4.69, 9.17) is 0 Å². The van der Waals surface area contributed by atoms with Gasteiger partial charge in [0.05, 0.1) is 12.1 Å². The lowest BCUT2D eigenvalue weighted by Crippen LogP contribution is -2.49. The normalized spacial score (nSPS) is 21.3. The molecule has 1 aromatic carbocycles. The molecule has 26 heavy (non-hydrogen) atoms. The van der Waals surface area contributed by atoms with Crippen molar-refractivity contribution in [1.82, 2.24) is 15.5 Å². The summed E-state index contributed by atoms with van der Waals surface area (Å²) in [5.74, 6) is 0.852.